The highest BCUT2D eigenvalue weighted by atomic mass is 16.5. The number of carbonyl (C=O) groups excluding carboxylic acids is 1. The van der Waals surface area contributed by atoms with E-state index in [0.29, 0.717) is 23.7 Å². The van der Waals surface area contributed by atoms with Crippen molar-refractivity contribution in [2.75, 3.05) is 13.2 Å². The number of rotatable bonds is 9. The Bertz CT molecular complexity index is 762. The van der Waals surface area contributed by atoms with Crippen molar-refractivity contribution in [3.05, 3.63) is 29.7 Å². The lowest BCUT2D eigenvalue weighted by molar-refractivity contribution is 0.0924. The summed E-state index contributed by atoms with van der Waals surface area (Å²) in [6.07, 6.45) is 10.4. The number of hydrogen-bond donors (Lipinski definition) is 1. The second-order valence-electron chi connectivity index (χ2n) is 7.89. The topological polar surface area (TPSA) is 63.8 Å². The first kappa shape index (κ1) is 19.9. The van der Waals surface area contributed by atoms with Gasteiger partial charge in [-0.25, -0.2) is 4.98 Å². The Balaban J connectivity index is 1.79. The molecule has 148 valence electrons. The zero-order valence-electron chi connectivity index (χ0n) is 16.6. The van der Waals surface area contributed by atoms with Crippen molar-refractivity contribution < 1.29 is 14.6 Å². The molecule has 0 amide bonds. The number of aliphatic hydroxyl groups excluding tert-OH is 1. The maximum Gasteiger partial charge on any atom is 0.181 e. The number of carbonyl (C=O) groups is 1. The molecule has 1 atom stereocenters. The molecule has 3 rings (SSSR count). The van der Waals surface area contributed by atoms with Gasteiger partial charge in [0.25, 0.3) is 0 Å². The third-order valence-corrected chi connectivity index (χ3v) is 5.68. The van der Waals surface area contributed by atoms with Gasteiger partial charge >= 0.3 is 0 Å². The van der Waals surface area contributed by atoms with Gasteiger partial charge in [0.1, 0.15) is 5.69 Å². The summed E-state index contributed by atoms with van der Waals surface area (Å²) >= 11 is 0. The Kier molecular flexibility index (Phi) is 6.89. The number of nitrogens with zero attached hydrogens (tertiary/aromatic N) is 2. The third kappa shape index (κ3) is 4.70. The first-order chi connectivity index (χ1) is 13.1. The van der Waals surface area contributed by atoms with Gasteiger partial charge in [0, 0.05) is 19.2 Å². The fraction of sp³-hybridized carbons (Fsp3) is 0.636. The Hall–Kier alpha value is -1.88. The molecule has 27 heavy (non-hydrogen) atoms. The van der Waals surface area contributed by atoms with E-state index in [9.17, 15) is 9.90 Å². The lowest BCUT2D eigenvalue weighted by atomic mass is 9.90. The molecule has 2 aromatic rings. The molecule has 5 nitrogen and oxygen atoms in total. The van der Waals surface area contributed by atoms with Gasteiger partial charge in [-0.1, -0.05) is 32.6 Å². The molecule has 0 bridgehead atoms. The zero-order valence-corrected chi connectivity index (χ0v) is 16.6. The predicted molar refractivity (Wildman–Crippen MR) is 106 cm³/mol. The maximum atomic E-state index is 12.9. The average molecular weight is 373 g/mol. The van der Waals surface area contributed by atoms with E-state index < -0.39 is 0 Å². The number of ether oxygens (including phenoxy) is 1. The molecule has 2 aromatic heterocycles. The molecular formula is C22H32N2O3. The number of imidazole rings is 1. The van der Waals surface area contributed by atoms with Crippen LogP contribution < -0.4 is 4.74 Å². The van der Waals surface area contributed by atoms with E-state index in [1.165, 1.54) is 32.1 Å². The highest BCUT2D eigenvalue weighted by molar-refractivity contribution is 5.96. The summed E-state index contributed by atoms with van der Waals surface area (Å²) in [7, 11) is 0. The van der Waals surface area contributed by atoms with E-state index in [1.807, 2.05) is 29.7 Å². The van der Waals surface area contributed by atoms with E-state index in [0.717, 1.165) is 30.9 Å². The van der Waals surface area contributed by atoms with Crippen LogP contribution in [-0.4, -0.2) is 33.5 Å². The van der Waals surface area contributed by atoms with Crippen LogP contribution in [0.2, 0.25) is 0 Å². The molecule has 1 aliphatic rings. The largest absolute Gasteiger partial charge is 0.489 e. The van der Waals surface area contributed by atoms with Crippen LogP contribution in [0.1, 0.15) is 74.5 Å². The van der Waals surface area contributed by atoms with Crippen molar-refractivity contribution in [2.24, 2.45) is 11.8 Å². The lowest BCUT2D eigenvalue weighted by Gasteiger charge is -2.21. The lowest BCUT2D eigenvalue weighted by Crippen LogP contribution is -2.16. The van der Waals surface area contributed by atoms with Crippen LogP contribution >= 0.6 is 0 Å². The molecule has 1 N–H and O–H groups in total. The molecule has 2 heterocycles. The fourth-order valence-corrected chi connectivity index (χ4v) is 4.19. The van der Waals surface area contributed by atoms with Crippen molar-refractivity contribution in [1.29, 1.82) is 0 Å². The van der Waals surface area contributed by atoms with E-state index in [2.05, 4.69) is 11.9 Å². The minimum atomic E-state index is 0.0122. The summed E-state index contributed by atoms with van der Waals surface area (Å²) < 4.78 is 7.97. The molecule has 0 unspecified atom stereocenters. The minimum Gasteiger partial charge on any atom is -0.489 e. The molecule has 5 heteroatoms. The van der Waals surface area contributed by atoms with Gasteiger partial charge in [-0.3, -0.25) is 9.20 Å². The Labute approximate surface area is 161 Å². The molecule has 1 saturated carbocycles. The van der Waals surface area contributed by atoms with Crippen LogP contribution in [0.3, 0.4) is 0 Å². The van der Waals surface area contributed by atoms with Crippen molar-refractivity contribution in [1.82, 2.24) is 9.38 Å². The summed E-state index contributed by atoms with van der Waals surface area (Å²) in [5.41, 5.74) is 2.05. The Morgan fingerprint density at radius 3 is 2.85 bits per heavy atom. The van der Waals surface area contributed by atoms with Crippen molar-refractivity contribution in [2.45, 2.75) is 65.2 Å². The molecule has 0 saturated heterocycles. The highest BCUT2D eigenvalue weighted by Gasteiger charge is 2.22. The van der Waals surface area contributed by atoms with Crippen LogP contribution in [0.15, 0.2) is 18.3 Å². The zero-order chi connectivity index (χ0) is 19.2. The molecule has 0 aromatic carbocycles. The molecular weight excluding hydrogens is 340 g/mol. The summed E-state index contributed by atoms with van der Waals surface area (Å²) in [5, 5.41) is 9.53. The number of ketones is 1. The van der Waals surface area contributed by atoms with Crippen molar-refractivity contribution >= 4 is 11.4 Å². The quantitative estimate of drug-likeness (QED) is 0.654. The number of pyridine rings is 1. The SMILES string of the molecule is CCC[C@@H](CO)CC(=O)c1c(C)nc2c(OCC3CCCCC3)cccn12. The van der Waals surface area contributed by atoms with Crippen LogP contribution in [0.25, 0.3) is 5.65 Å². The number of fused-ring (bicyclic) bond motifs is 1. The Morgan fingerprint density at radius 2 is 2.15 bits per heavy atom. The predicted octanol–water partition coefficient (Wildman–Crippen LogP) is 4.58. The fourth-order valence-electron chi connectivity index (χ4n) is 4.19. The van der Waals surface area contributed by atoms with Gasteiger partial charge in [0.2, 0.25) is 0 Å². The first-order valence-corrected chi connectivity index (χ1v) is 10.4. The standard InChI is InChI=1S/C22H32N2O3/c1-3-8-18(14-25)13-19(26)21-16(2)23-22-20(11-7-12-24(21)22)27-15-17-9-5-4-6-10-17/h7,11-12,17-18,25H,3-6,8-10,13-15H2,1-2H3/t18-/m1/s1. The minimum absolute atomic E-state index is 0.0122. The first-order valence-electron chi connectivity index (χ1n) is 10.4. The van der Waals surface area contributed by atoms with Gasteiger partial charge < -0.3 is 9.84 Å². The molecule has 1 fully saturated rings. The highest BCUT2D eigenvalue weighted by Crippen LogP contribution is 2.27. The van der Waals surface area contributed by atoms with Crippen LogP contribution in [0.5, 0.6) is 5.75 Å². The molecule has 0 aliphatic heterocycles. The average Bonchev–Trinajstić information content (AvgIpc) is 3.03. The third-order valence-electron chi connectivity index (χ3n) is 5.68. The van der Waals surface area contributed by atoms with Crippen molar-refractivity contribution in [3.63, 3.8) is 0 Å². The van der Waals surface area contributed by atoms with Crippen LogP contribution in [0.4, 0.5) is 0 Å². The summed E-state index contributed by atoms with van der Waals surface area (Å²) in [6, 6.07) is 3.85. The number of aromatic nitrogens is 2. The van der Waals surface area contributed by atoms with Crippen LogP contribution in [0, 0.1) is 18.8 Å². The number of aryl methyl sites for hydroxylation is 1. The molecule has 0 spiro atoms. The second-order valence-corrected chi connectivity index (χ2v) is 7.89. The smallest absolute Gasteiger partial charge is 0.181 e. The monoisotopic (exact) mass is 372 g/mol. The summed E-state index contributed by atoms with van der Waals surface area (Å²) in [6.45, 7) is 4.71. The van der Waals surface area contributed by atoms with Gasteiger partial charge in [-0.15, -0.1) is 0 Å². The van der Waals surface area contributed by atoms with E-state index in [-0.39, 0.29) is 18.3 Å². The van der Waals surface area contributed by atoms with Crippen LogP contribution in [-0.2, 0) is 0 Å². The van der Waals surface area contributed by atoms with Gasteiger partial charge in [0.05, 0.1) is 12.3 Å². The van der Waals surface area contributed by atoms with Gasteiger partial charge in [-0.2, -0.15) is 0 Å². The molecule has 1 aliphatic carbocycles. The number of hydrogen-bond acceptors (Lipinski definition) is 4. The normalized spacial score (nSPS) is 16.6. The molecule has 0 radical (unpaired) electrons. The van der Waals surface area contributed by atoms with Gasteiger partial charge in [-0.05, 0) is 50.2 Å². The second kappa shape index (κ2) is 9.36. The number of Topliss-reactive ketones (excluding diaryl/α,β-unsaturated/α-hetero) is 1. The number of aliphatic hydroxyl groups is 1. The summed E-state index contributed by atoms with van der Waals surface area (Å²) in [5.74, 6) is 1.42. The van der Waals surface area contributed by atoms with Crippen molar-refractivity contribution in [3.8, 4) is 5.75 Å². The van der Waals surface area contributed by atoms with Gasteiger partial charge in [0.15, 0.2) is 17.2 Å². The summed E-state index contributed by atoms with van der Waals surface area (Å²) in [4.78, 5) is 17.5. The van der Waals surface area contributed by atoms with E-state index in [1.54, 1.807) is 0 Å². The Morgan fingerprint density at radius 1 is 1.37 bits per heavy atom. The maximum absolute atomic E-state index is 12.9. The van der Waals surface area contributed by atoms with E-state index in [4.69, 9.17) is 4.74 Å². The van der Waals surface area contributed by atoms with E-state index >= 15 is 0 Å².